The van der Waals surface area contributed by atoms with Crippen molar-refractivity contribution < 1.29 is 4.74 Å². The highest BCUT2D eigenvalue weighted by molar-refractivity contribution is 6.44. The third-order valence-corrected chi connectivity index (χ3v) is 4.10. The van der Waals surface area contributed by atoms with E-state index in [0.29, 0.717) is 27.0 Å². The van der Waals surface area contributed by atoms with Gasteiger partial charge in [-0.2, -0.15) is 0 Å². The Morgan fingerprint density at radius 1 is 1.24 bits per heavy atom. The summed E-state index contributed by atoms with van der Waals surface area (Å²) in [7, 11) is 0. The van der Waals surface area contributed by atoms with Crippen LogP contribution < -0.4 is 5.32 Å². The first-order valence-corrected chi connectivity index (χ1v) is 6.70. The summed E-state index contributed by atoms with van der Waals surface area (Å²) in [6, 6.07) is 3.72. The Hall–Kier alpha value is -0.150. The van der Waals surface area contributed by atoms with Gasteiger partial charge in [-0.3, -0.25) is 0 Å². The minimum absolute atomic E-state index is 0.298. The zero-order valence-corrected chi connectivity index (χ0v) is 11.7. The maximum Gasteiger partial charge on any atom is 0.0653 e. The molecule has 0 radical (unpaired) electrons. The predicted octanol–water partition coefficient (Wildman–Crippen LogP) is 4.48. The molecule has 0 spiro atoms. The molecule has 2 rings (SSSR count). The van der Waals surface area contributed by atoms with Crippen molar-refractivity contribution in [2.45, 2.75) is 19.4 Å². The standard InChI is InChI=1S/C12H14Cl3NO/c1-7(8-2-3-17-6-8)16-12-5-10(14)9(13)4-11(12)15/h4-5,7-8,16H,2-3,6H2,1H3. The summed E-state index contributed by atoms with van der Waals surface area (Å²) >= 11 is 18.0. The number of ether oxygens (including phenoxy) is 1. The van der Waals surface area contributed by atoms with Crippen molar-refractivity contribution in [3.05, 3.63) is 27.2 Å². The summed E-state index contributed by atoms with van der Waals surface area (Å²) < 4.78 is 5.37. The zero-order valence-electron chi connectivity index (χ0n) is 9.47. The fourth-order valence-corrected chi connectivity index (χ4v) is 2.54. The van der Waals surface area contributed by atoms with Gasteiger partial charge in [-0.05, 0) is 25.5 Å². The van der Waals surface area contributed by atoms with Gasteiger partial charge in [0, 0.05) is 18.6 Å². The van der Waals surface area contributed by atoms with E-state index in [2.05, 4.69) is 12.2 Å². The average molecular weight is 295 g/mol. The quantitative estimate of drug-likeness (QED) is 0.830. The number of anilines is 1. The lowest BCUT2D eigenvalue weighted by Crippen LogP contribution is -2.26. The van der Waals surface area contributed by atoms with Gasteiger partial charge < -0.3 is 10.1 Å². The molecule has 0 bridgehead atoms. The van der Waals surface area contributed by atoms with E-state index in [9.17, 15) is 0 Å². The van der Waals surface area contributed by atoms with Crippen LogP contribution in [0.15, 0.2) is 12.1 Å². The van der Waals surface area contributed by atoms with Crippen molar-refractivity contribution in [3.63, 3.8) is 0 Å². The molecule has 17 heavy (non-hydrogen) atoms. The molecule has 0 amide bonds. The van der Waals surface area contributed by atoms with Crippen LogP contribution in [0.5, 0.6) is 0 Å². The summed E-state index contributed by atoms with van der Waals surface area (Å²) in [5, 5.41) is 4.93. The molecule has 1 aromatic rings. The summed E-state index contributed by atoms with van der Waals surface area (Å²) in [4.78, 5) is 0. The normalized spacial score (nSPS) is 21.5. The monoisotopic (exact) mass is 293 g/mol. The Kier molecular flexibility index (Phi) is 4.42. The summed E-state index contributed by atoms with van der Waals surface area (Å²) in [5.74, 6) is 0.514. The Morgan fingerprint density at radius 2 is 1.94 bits per heavy atom. The van der Waals surface area contributed by atoms with E-state index in [4.69, 9.17) is 39.5 Å². The van der Waals surface area contributed by atoms with Crippen molar-refractivity contribution >= 4 is 40.5 Å². The van der Waals surface area contributed by atoms with E-state index in [1.807, 2.05) is 0 Å². The van der Waals surface area contributed by atoms with E-state index in [1.54, 1.807) is 12.1 Å². The van der Waals surface area contributed by atoms with Gasteiger partial charge in [0.2, 0.25) is 0 Å². The first kappa shape index (κ1) is 13.3. The fraction of sp³-hybridized carbons (Fsp3) is 0.500. The Morgan fingerprint density at radius 3 is 2.59 bits per heavy atom. The molecule has 1 heterocycles. The lowest BCUT2D eigenvalue weighted by Gasteiger charge is -2.21. The van der Waals surface area contributed by atoms with Crippen LogP contribution in [0.1, 0.15) is 13.3 Å². The number of halogens is 3. The van der Waals surface area contributed by atoms with Gasteiger partial charge in [0.05, 0.1) is 27.4 Å². The van der Waals surface area contributed by atoms with Gasteiger partial charge in [0.25, 0.3) is 0 Å². The number of nitrogens with one attached hydrogen (secondary N) is 1. The Labute approximate surface area is 116 Å². The fourth-order valence-electron chi connectivity index (χ4n) is 1.94. The van der Waals surface area contributed by atoms with Crippen molar-refractivity contribution in [1.82, 2.24) is 0 Å². The molecule has 2 nitrogen and oxygen atoms in total. The van der Waals surface area contributed by atoms with Gasteiger partial charge >= 0.3 is 0 Å². The van der Waals surface area contributed by atoms with Gasteiger partial charge in [0.1, 0.15) is 0 Å². The number of hydrogen-bond donors (Lipinski definition) is 1. The second-order valence-electron chi connectivity index (χ2n) is 4.30. The molecule has 1 aliphatic heterocycles. The maximum atomic E-state index is 6.12. The lowest BCUT2D eigenvalue weighted by atomic mass is 10.0. The third kappa shape index (κ3) is 3.19. The van der Waals surface area contributed by atoms with Crippen LogP contribution in [0.25, 0.3) is 0 Å². The topological polar surface area (TPSA) is 21.3 Å². The molecule has 2 unspecified atom stereocenters. The highest BCUT2D eigenvalue weighted by atomic mass is 35.5. The van der Waals surface area contributed by atoms with Gasteiger partial charge in [-0.25, -0.2) is 0 Å². The molecule has 0 aliphatic carbocycles. The van der Waals surface area contributed by atoms with E-state index in [-0.39, 0.29) is 0 Å². The average Bonchev–Trinajstić information content (AvgIpc) is 2.79. The number of benzene rings is 1. The molecule has 1 fully saturated rings. The largest absolute Gasteiger partial charge is 0.381 e. The molecule has 0 saturated carbocycles. The lowest BCUT2D eigenvalue weighted by molar-refractivity contribution is 0.183. The highest BCUT2D eigenvalue weighted by Gasteiger charge is 2.22. The predicted molar refractivity (Wildman–Crippen MR) is 73.5 cm³/mol. The van der Waals surface area contributed by atoms with Crippen molar-refractivity contribution in [3.8, 4) is 0 Å². The molecule has 1 aromatic carbocycles. The minimum atomic E-state index is 0.298. The van der Waals surface area contributed by atoms with E-state index < -0.39 is 0 Å². The van der Waals surface area contributed by atoms with Gasteiger partial charge in [-0.15, -0.1) is 0 Å². The van der Waals surface area contributed by atoms with Crippen molar-refractivity contribution in [2.75, 3.05) is 18.5 Å². The number of hydrogen-bond acceptors (Lipinski definition) is 2. The van der Waals surface area contributed by atoms with Crippen LogP contribution in [0.4, 0.5) is 5.69 Å². The Balaban J connectivity index is 2.09. The van der Waals surface area contributed by atoms with Crippen LogP contribution in [0.2, 0.25) is 15.1 Å². The van der Waals surface area contributed by atoms with Crippen LogP contribution in [0, 0.1) is 5.92 Å². The second kappa shape index (κ2) is 5.66. The molecule has 5 heteroatoms. The molecule has 0 aromatic heterocycles. The van der Waals surface area contributed by atoms with Crippen LogP contribution in [-0.4, -0.2) is 19.3 Å². The summed E-state index contributed by atoms with van der Waals surface area (Å²) in [6.07, 6.45) is 1.08. The smallest absolute Gasteiger partial charge is 0.0653 e. The van der Waals surface area contributed by atoms with Gasteiger partial charge in [-0.1, -0.05) is 34.8 Å². The molecular formula is C12H14Cl3NO. The first-order chi connectivity index (χ1) is 8.08. The van der Waals surface area contributed by atoms with Crippen LogP contribution >= 0.6 is 34.8 Å². The van der Waals surface area contributed by atoms with E-state index in [0.717, 1.165) is 25.3 Å². The zero-order chi connectivity index (χ0) is 12.4. The second-order valence-corrected chi connectivity index (χ2v) is 5.52. The third-order valence-electron chi connectivity index (χ3n) is 3.07. The van der Waals surface area contributed by atoms with E-state index in [1.165, 1.54) is 0 Å². The molecule has 1 saturated heterocycles. The molecule has 2 atom stereocenters. The van der Waals surface area contributed by atoms with Crippen molar-refractivity contribution in [1.29, 1.82) is 0 Å². The molecule has 1 N–H and O–H groups in total. The van der Waals surface area contributed by atoms with Crippen molar-refractivity contribution in [2.24, 2.45) is 5.92 Å². The maximum absolute atomic E-state index is 6.12. The summed E-state index contributed by atoms with van der Waals surface area (Å²) in [6.45, 7) is 3.76. The number of rotatable bonds is 3. The SMILES string of the molecule is CC(Nc1cc(Cl)c(Cl)cc1Cl)C1CCOC1. The van der Waals surface area contributed by atoms with Crippen LogP contribution in [0.3, 0.4) is 0 Å². The highest BCUT2D eigenvalue weighted by Crippen LogP contribution is 2.33. The van der Waals surface area contributed by atoms with E-state index >= 15 is 0 Å². The molecule has 1 aliphatic rings. The summed E-state index contributed by atoms with van der Waals surface area (Å²) in [5.41, 5.74) is 0.820. The van der Waals surface area contributed by atoms with Gasteiger partial charge in [0.15, 0.2) is 0 Å². The molecule has 94 valence electrons. The van der Waals surface area contributed by atoms with Crippen LogP contribution in [-0.2, 0) is 4.74 Å². The molecular weight excluding hydrogens is 280 g/mol. The first-order valence-electron chi connectivity index (χ1n) is 5.56. The Bertz CT molecular complexity index is 405. The minimum Gasteiger partial charge on any atom is -0.381 e.